The van der Waals surface area contributed by atoms with Gasteiger partial charge in [-0.1, -0.05) is 6.58 Å². The van der Waals surface area contributed by atoms with E-state index in [0.29, 0.717) is 0 Å². The Kier molecular flexibility index (Phi) is 5.33. The van der Waals surface area contributed by atoms with Gasteiger partial charge in [0.15, 0.2) is 5.60 Å². The minimum atomic E-state index is -2.44. The van der Waals surface area contributed by atoms with Crippen molar-refractivity contribution in [2.45, 2.75) is 25.4 Å². The standard InChI is InChI=1S/C10H14O7/c1-6(2)8(13)17-4-3-10(16,9(14)15)5-7(11)12/h16H,1,3-5H2,2H3,(H,11,12)(H,14,15). The van der Waals surface area contributed by atoms with Crippen LogP contribution in [0.2, 0.25) is 0 Å². The van der Waals surface area contributed by atoms with Crippen LogP contribution < -0.4 is 0 Å². The van der Waals surface area contributed by atoms with Crippen molar-refractivity contribution in [1.82, 2.24) is 0 Å². The number of rotatable bonds is 7. The Hall–Kier alpha value is -1.89. The number of carboxylic acids is 2. The van der Waals surface area contributed by atoms with Crippen LogP contribution in [0.5, 0.6) is 0 Å². The molecule has 96 valence electrons. The number of carboxylic acid groups (broad SMARTS) is 2. The molecule has 0 aromatic heterocycles. The molecule has 0 spiro atoms. The Morgan fingerprint density at radius 2 is 1.82 bits per heavy atom. The van der Waals surface area contributed by atoms with Gasteiger partial charge in [0.1, 0.15) is 0 Å². The Morgan fingerprint density at radius 3 is 2.18 bits per heavy atom. The molecule has 0 heterocycles. The average molecular weight is 246 g/mol. The van der Waals surface area contributed by atoms with E-state index in [1.54, 1.807) is 0 Å². The second kappa shape index (κ2) is 6.00. The fraction of sp³-hybridized carbons (Fsp3) is 0.500. The highest BCUT2D eigenvalue weighted by Crippen LogP contribution is 2.16. The van der Waals surface area contributed by atoms with Crippen LogP contribution in [0.3, 0.4) is 0 Å². The van der Waals surface area contributed by atoms with Gasteiger partial charge in [-0.05, 0) is 6.92 Å². The van der Waals surface area contributed by atoms with Crippen molar-refractivity contribution >= 4 is 17.9 Å². The Bertz CT molecular complexity index is 347. The number of aliphatic carboxylic acids is 2. The van der Waals surface area contributed by atoms with Crippen molar-refractivity contribution in [2.75, 3.05) is 6.61 Å². The van der Waals surface area contributed by atoms with Gasteiger partial charge in [0.05, 0.1) is 13.0 Å². The molecule has 0 rings (SSSR count). The van der Waals surface area contributed by atoms with Crippen LogP contribution in [-0.4, -0.2) is 45.4 Å². The molecule has 0 bridgehead atoms. The first kappa shape index (κ1) is 15.1. The number of carbonyl (C=O) groups is 3. The van der Waals surface area contributed by atoms with Crippen molar-refractivity contribution in [3.63, 3.8) is 0 Å². The summed E-state index contributed by atoms with van der Waals surface area (Å²) in [7, 11) is 0. The van der Waals surface area contributed by atoms with Gasteiger partial charge in [-0.2, -0.15) is 0 Å². The topological polar surface area (TPSA) is 121 Å². The predicted molar refractivity (Wildman–Crippen MR) is 55.2 cm³/mol. The first-order valence-corrected chi connectivity index (χ1v) is 4.69. The van der Waals surface area contributed by atoms with E-state index in [2.05, 4.69) is 11.3 Å². The summed E-state index contributed by atoms with van der Waals surface area (Å²) in [5, 5.41) is 26.7. The molecule has 0 aromatic rings. The second-order valence-corrected chi connectivity index (χ2v) is 3.57. The zero-order valence-electron chi connectivity index (χ0n) is 9.30. The Labute approximate surface area is 97.3 Å². The third-order valence-corrected chi connectivity index (χ3v) is 1.94. The zero-order valence-corrected chi connectivity index (χ0v) is 9.30. The summed E-state index contributed by atoms with van der Waals surface area (Å²) >= 11 is 0. The van der Waals surface area contributed by atoms with Gasteiger partial charge in [0.25, 0.3) is 0 Å². The maximum Gasteiger partial charge on any atom is 0.336 e. The van der Waals surface area contributed by atoms with Gasteiger partial charge < -0.3 is 20.1 Å². The molecule has 0 radical (unpaired) electrons. The minimum Gasteiger partial charge on any atom is -0.481 e. The van der Waals surface area contributed by atoms with E-state index in [0.717, 1.165) is 0 Å². The van der Waals surface area contributed by atoms with E-state index in [4.69, 9.17) is 10.2 Å². The van der Waals surface area contributed by atoms with Gasteiger partial charge in [0.2, 0.25) is 0 Å². The molecule has 3 N–H and O–H groups in total. The summed E-state index contributed by atoms with van der Waals surface area (Å²) in [4.78, 5) is 32.0. The summed E-state index contributed by atoms with van der Waals surface area (Å²) in [5.74, 6) is -3.86. The molecule has 7 heteroatoms. The number of carbonyl (C=O) groups excluding carboxylic acids is 1. The van der Waals surface area contributed by atoms with Gasteiger partial charge in [-0.15, -0.1) is 0 Å². The van der Waals surface area contributed by atoms with Gasteiger partial charge in [0, 0.05) is 12.0 Å². The van der Waals surface area contributed by atoms with Crippen LogP contribution in [0, 0.1) is 0 Å². The lowest BCUT2D eigenvalue weighted by molar-refractivity contribution is -0.168. The minimum absolute atomic E-state index is 0.127. The van der Waals surface area contributed by atoms with Crippen molar-refractivity contribution in [1.29, 1.82) is 0 Å². The molecule has 7 nitrogen and oxygen atoms in total. The van der Waals surface area contributed by atoms with Crippen LogP contribution in [0.15, 0.2) is 12.2 Å². The number of hydrogen-bond donors (Lipinski definition) is 3. The lowest BCUT2D eigenvalue weighted by Gasteiger charge is -2.20. The summed E-state index contributed by atoms with van der Waals surface area (Å²) in [5.41, 5.74) is -2.32. The fourth-order valence-corrected chi connectivity index (χ4v) is 0.957. The molecule has 0 aliphatic rings. The van der Waals surface area contributed by atoms with E-state index in [-0.39, 0.29) is 5.57 Å². The monoisotopic (exact) mass is 246 g/mol. The van der Waals surface area contributed by atoms with Gasteiger partial charge in [-0.3, -0.25) is 4.79 Å². The summed E-state index contributed by atoms with van der Waals surface area (Å²) in [6.45, 7) is 4.31. The third kappa shape index (κ3) is 5.12. The molecule has 0 aliphatic carbocycles. The number of esters is 1. The van der Waals surface area contributed by atoms with Crippen molar-refractivity contribution in [2.24, 2.45) is 0 Å². The normalized spacial score (nSPS) is 13.5. The maximum atomic E-state index is 11.0. The fourth-order valence-electron chi connectivity index (χ4n) is 0.957. The van der Waals surface area contributed by atoms with Crippen molar-refractivity contribution in [3.05, 3.63) is 12.2 Å². The summed E-state index contributed by atoms with van der Waals surface area (Å²) < 4.78 is 4.58. The number of aliphatic hydroxyl groups is 1. The molecule has 0 aliphatic heterocycles. The van der Waals surface area contributed by atoms with E-state index in [9.17, 15) is 19.5 Å². The SMILES string of the molecule is C=C(C)C(=O)OCCC(O)(CC(=O)O)C(=O)O. The van der Waals surface area contributed by atoms with Gasteiger partial charge in [-0.25, -0.2) is 9.59 Å². The summed E-state index contributed by atoms with van der Waals surface area (Å²) in [6, 6.07) is 0. The summed E-state index contributed by atoms with van der Waals surface area (Å²) in [6.07, 6.45) is -1.47. The third-order valence-electron chi connectivity index (χ3n) is 1.94. The highest BCUT2D eigenvalue weighted by molar-refractivity contribution is 5.87. The molecular weight excluding hydrogens is 232 g/mol. The van der Waals surface area contributed by atoms with Crippen LogP contribution in [0.1, 0.15) is 19.8 Å². The molecule has 1 atom stereocenters. The molecule has 17 heavy (non-hydrogen) atoms. The second-order valence-electron chi connectivity index (χ2n) is 3.57. The predicted octanol–water partition coefficient (Wildman–Crippen LogP) is -0.214. The van der Waals surface area contributed by atoms with Gasteiger partial charge >= 0.3 is 17.9 Å². The van der Waals surface area contributed by atoms with Crippen LogP contribution >= 0.6 is 0 Å². The van der Waals surface area contributed by atoms with E-state index in [1.165, 1.54) is 6.92 Å². The Balaban J connectivity index is 4.38. The lowest BCUT2D eigenvalue weighted by Crippen LogP contribution is -2.42. The largest absolute Gasteiger partial charge is 0.481 e. The lowest BCUT2D eigenvalue weighted by atomic mass is 9.96. The smallest absolute Gasteiger partial charge is 0.336 e. The quantitative estimate of drug-likeness (QED) is 0.419. The highest BCUT2D eigenvalue weighted by Gasteiger charge is 2.38. The molecule has 0 fully saturated rings. The number of ether oxygens (including phenoxy) is 1. The molecule has 0 saturated heterocycles. The van der Waals surface area contributed by atoms with E-state index >= 15 is 0 Å². The zero-order chi connectivity index (χ0) is 13.6. The first-order chi connectivity index (χ1) is 7.69. The van der Waals surface area contributed by atoms with Crippen LogP contribution in [0.4, 0.5) is 0 Å². The van der Waals surface area contributed by atoms with Crippen LogP contribution in [0.25, 0.3) is 0 Å². The molecule has 0 amide bonds. The average Bonchev–Trinajstić information content (AvgIpc) is 2.15. The molecular formula is C10H14O7. The van der Waals surface area contributed by atoms with Crippen LogP contribution in [-0.2, 0) is 19.1 Å². The maximum absolute atomic E-state index is 11.0. The highest BCUT2D eigenvalue weighted by atomic mass is 16.5. The molecule has 0 aromatic carbocycles. The van der Waals surface area contributed by atoms with E-state index in [1.807, 2.05) is 0 Å². The molecule has 0 saturated carbocycles. The molecule has 1 unspecified atom stereocenters. The van der Waals surface area contributed by atoms with E-state index < -0.39 is 43.0 Å². The first-order valence-electron chi connectivity index (χ1n) is 4.69. The Morgan fingerprint density at radius 1 is 1.29 bits per heavy atom. The van der Waals surface area contributed by atoms with Crippen molar-refractivity contribution in [3.8, 4) is 0 Å². The number of hydrogen-bond acceptors (Lipinski definition) is 5. The van der Waals surface area contributed by atoms with Crippen molar-refractivity contribution < 1.29 is 34.4 Å².